The van der Waals surface area contributed by atoms with Crippen molar-refractivity contribution in [2.75, 3.05) is 7.11 Å². The van der Waals surface area contributed by atoms with Crippen molar-refractivity contribution in [3.05, 3.63) is 42.2 Å². The van der Waals surface area contributed by atoms with Gasteiger partial charge >= 0.3 is 13.1 Å². The summed E-state index contributed by atoms with van der Waals surface area (Å²) in [5.41, 5.74) is 1.94. The molecule has 0 atom stereocenters. The third-order valence-electron chi connectivity index (χ3n) is 5.53. The lowest BCUT2D eigenvalue weighted by Gasteiger charge is -2.28. The van der Waals surface area contributed by atoms with Gasteiger partial charge in [-0.3, -0.25) is 4.79 Å². The lowest BCUT2D eigenvalue weighted by molar-refractivity contribution is -0.142. The maximum Gasteiger partial charge on any atom is 0.563 e. The molecule has 0 N–H and O–H groups in total. The van der Waals surface area contributed by atoms with Crippen LogP contribution in [0.15, 0.2) is 36.6 Å². The second-order valence-electron chi connectivity index (χ2n) is 7.67. The molecular weight excluding hydrogens is 315 g/mol. The van der Waals surface area contributed by atoms with E-state index in [9.17, 15) is 4.79 Å². The Bertz CT molecular complexity index is 630. The van der Waals surface area contributed by atoms with Crippen molar-refractivity contribution in [1.29, 1.82) is 0 Å². The first-order valence-corrected chi connectivity index (χ1v) is 9.09. The van der Waals surface area contributed by atoms with Crippen LogP contribution in [-0.4, -0.2) is 25.8 Å². The highest BCUT2D eigenvalue weighted by Crippen LogP contribution is 2.37. The maximum atomic E-state index is 11.4. The van der Waals surface area contributed by atoms with Gasteiger partial charge in [-0.05, 0) is 62.4 Å². The molecule has 0 amide bonds. The van der Waals surface area contributed by atoms with Crippen molar-refractivity contribution in [3.63, 3.8) is 0 Å². The van der Waals surface area contributed by atoms with Gasteiger partial charge in [-0.25, -0.2) is 0 Å². The molecule has 4 nitrogen and oxygen atoms in total. The van der Waals surface area contributed by atoms with E-state index in [1.165, 1.54) is 12.7 Å². The Balaban J connectivity index is 1.57. The molecule has 25 heavy (non-hydrogen) atoms. The van der Waals surface area contributed by atoms with Crippen LogP contribution in [0.2, 0.25) is 0 Å². The fourth-order valence-electron chi connectivity index (χ4n) is 3.71. The molecule has 0 aromatic heterocycles. The van der Waals surface area contributed by atoms with Crippen LogP contribution in [0, 0.1) is 5.92 Å². The third-order valence-corrected chi connectivity index (χ3v) is 5.53. The van der Waals surface area contributed by atoms with Gasteiger partial charge in [0, 0.05) is 6.42 Å². The van der Waals surface area contributed by atoms with Crippen molar-refractivity contribution < 1.29 is 18.8 Å². The number of rotatable bonds is 4. The third kappa shape index (κ3) is 4.09. The second-order valence-corrected chi connectivity index (χ2v) is 7.67. The van der Waals surface area contributed by atoms with Gasteiger partial charge in [-0.15, -0.1) is 0 Å². The molecule has 0 radical (unpaired) electrons. The maximum absolute atomic E-state index is 11.4. The summed E-state index contributed by atoms with van der Waals surface area (Å²) in [5, 5.41) is 0. The van der Waals surface area contributed by atoms with Crippen LogP contribution < -0.4 is 5.46 Å². The highest BCUT2D eigenvalue weighted by Gasteiger charge is 2.42. The van der Waals surface area contributed by atoms with Crippen LogP contribution in [-0.2, 0) is 18.8 Å². The topological polar surface area (TPSA) is 44.8 Å². The summed E-state index contributed by atoms with van der Waals surface area (Å²) in [6, 6.07) is 8.55. The zero-order valence-electron chi connectivity index (χ0n) is 15.4. The molecule has 1 saturated heterocycles. The molecule has 2 fully saturated rings. The Morgan fingerprint density at radius 1 is 1.24 bits per heavy atom. The molecule has 0 unspecified atom stereocenters. The van der Waals surface area contributed by atoms with E-state index in [1.807, 2.05) is 13.8 Å². The summed E-state index contributed by atoms with van der Waals surface area (Å²) < 4.78 is 16.5. The van der Waals surface area contributed by atoms with Gasteiger partial charge in [0.05, 0.1) is 12.9 Å². The lowest BCUT2D eigenvalue weighted by Crippen LogP contribution is -2.34. The molecule has 1 aliphatic carbocycles. The number of esters is 1. The van der Waals surface area contributed by atoms with Gasteiger partial charge in [0.25, 0.3) is 0 Å². The van der Waals surface area contributed by atoms with Crippen molar-refractivity contribution in [2.24, 2.45) is 5.92 Å². The molecule has 134 valence electrons. The fraction of sp³-hybridized carbons (Fsp3) is 0.550. The van der Waals surface area contributed by atoms with E-state index >= 15 is 0 Å². The summed E-state index contributed by atoms with van der Waals surface area (Å²) >= 11 is 0. The van der Waals surface area contributed by atoms with Gasteiger partial charge in [-0.1, -0.05) is 30.8 Å². The van der Waals surface area contributed by atoms with Crippen LogP contribution in [0.5, 0.6) is 0 Å². The quantitative estimate of drug-likeness (QED) is 0.620. The number of carbonyl (C=O) groups excluding carboxylic acids is 1. The molecule has 1 aromatic carbocycles. The number of ether oxygens (including phenoxy) is 1. The van der Waals surface area contributed by atoms with E-state index in [2.05, 4.69) is 30.8 Å². The first kappa shape index (κ1) is 18.1. The van der Waals surface area contributed by atoms with Gasteiger partial charge in [0.1, 0.15) is 5.60 Å². The SMILES string of the molecule is C=C1OB(c2ccc([C@H]3CC[C@H](CC(=O)OC)CC3)cc2)OC1(C)C. The van der Waals surface area contributed by atoms with Crippen molar-refractivity contribution in [2.45, 2.75) is 57.5 Å². The van der Waals surface area contributed by atoms with Crippen molar-refractivity contribution >= 4 is 18.6 Å². The highest BCUT2D eigenvalue weighted by molar-refractivity contribution is 6.62. The van der Waals surface area contributed by atoms with Gasteiger partial charge in [0.2, 0.25) is 0 Å². The number of carbonyl (C=O) groups is 1. The van der Waals surface area contributed by atoms with Gasteiger partial charge < -0.3 is 14.0 Å². The van der Waals surface area contributed by atoms with Gasteiger partial charge in [-0.2, -0.15) is 0 Å². The smallest absolute Gasteiger partial charge is 0.534 e. The van der Waals surface area contributed by atoms with Crippen LogP contribution >= 0.6 is 0 Å². The number of hydrogen-bond acceptors (Lipinski definition) is 4. The van der Waals surface area contributed by atoms with Gasteiger partial charge in [0.15, 0.2) is 0 Å². The van der Waals surface area contributed by atoms with E-state index in [1.54, 1.807) is 0 Å². The summed E-state index contributed by atoms with van der Waals surface area (Å²) in [4.78, 5) is 11.4. The minimum Gasteiger partial charge on any atom is -0.534 e. The molecule has 3 rings (SSSR count). The molecule has 5 heteroatoms. The Morgan fingerprint density at radius 2 is 1.88 bits per heavy atom. The Labute approximate surface area is 150 Å². The number of methoxy groups -OCH3 is 1. The predicted molar refractivity (Wildman–Crippen MR) is 98.6 cm³/mol. The Morgan fingerprint density at radius 3 is 2.40 bits per heavy atom. The van der Waals surface area contributed by atoms with Crippen LogP contribution in [0.4, 0.5) is 0 Å². The molecule has 1 aromatic rings. The highest BCUT2D eigenvalue weighted by atomic mass is 16.7. The van der Waals surface area contributed by atoms with E-state index < -0.39 is 5.60 Å². The molecule has 1 aliphatic heterocycles. The van der Waals surface area contributed by atoms with Crippen LogP contribution in [0.3, 0.4) is 0 Å². The minimum absolute atomic E-state index is 0.0890. The van der Waals surface area contributed by atoms with E-state index in [4.69, 9.17) is 14.0 Å². The number of hydrogen-bond donors (Lipinski definition) is 0. The minimum atomic E-state index is -0.443. The molecule has 0 bridgehead atoms. The predicted octanol–water partition coefficient (Wildman–Crippen LogP) is 3.56. The first-order chi connectivity index (χ1) is 11.9. The second kappa shape index (κ2) is 7.24. The fourth-order valence-corrected chi connectivity index (χ4v) is 3.71. The normalized spacial score (nSPS) is 25.6. The van der Waals surface area contributed by atoms with E-state index in [0.29, 0.717) is 24.0 Å². The Hall–Kier alpha value is -1.75. The molecule has 0 spiro atoms. The molecule has 1 heterocycles. The average molecular weight is 342 g/mol. The molecule has 2 aliphatic rings. The van der Waals surface area contributed by atoms with E-state index in [-0.39, 0.29) is 13.1 Å². The summed E-state index contributed by atoms with van der Waals surface area (Å²) in [7, 11) is 1.09. The summed E-state index contributed by atoms with van der Waals surface area (Å²) in [6.45, 7) is 7.86. The summed E-state index contributed by atoms with van der Waals surface area (Å²) in [6.07, 6.45) is 4.98. The monoisotopic (exact) mass is 342 g/mol. The summed E-state index contributed by atoms with van der Waals surface area (Å²) in [5.74, 6) is 1.62. The van der Waals surface area contributed by atoms with Crippen molar-refractivity contribution in [1.82, 2.24) is 0 Å². The van der Waals surface area contributed by atoms with E-state index in [0.717, 1.165) is 31.1 Å². The van der Waals surface area contributed by atoms with Crippen molar-refractivity contribution in [3.8, 4) is 0 Å². The zero-order valence-corrected chi connectivity index (χ0v) is 15.4. The molecule has 1 saturated carbocycles. The lowest BCUT2D eigenvalue weighted by atomic mass is 9.75. The standard InChI is InChI=1S/C20H27BO4/c1-14-20(2,3)25-21(24-14)18-11-9-17(10-12-18)16-7-5-15(6-8-16)13-19(22)23-4/h9-12,15-16H,1,5-8,13H2,2-4H3/t15-,16-. The molecular formula is C20H27BO4. The largest absolute Gasteiger partial charge is 0.563 e. The van der Waals surface area contributed by atoms with Crippen LogP contribution in [0.1, 0.15) is 57.4 Å². The average Bonchev–Trinajstić information content (AvgIpc) is 2.89. The number of benzene rings is 1. The Kier molecular flexibility index (Phi) is 5.23. The van der Waals surface area contributed by atoms with Crippen LogP contribution in [0.25, 0.3) is 0 Å². The zero-order chi connectivity index (χ0) is 18.0. The first-order valence-electron chi connectivity index (χ1n) is 9.09.